The Kier molecular flexibility index (Phi) is 4.34. The molecule has 0 aliphatic rings. The first kappa shape index (κ1) is 15.6. The topological polar surface area (TPSA) is 0 Å². The van der Waals surface area contributed by atoms with E-state index in [0.29, 0.717) is 15.6 Å². The van der Waals surface area contributed by atoms with Gasteiger partial charge in [0.15, 0.2) is 0 Å². The molecule has 0 fully saturated rings. The normalized spacial score (nSPS) is 11.8. The van der Waals surface area contributed by atoms with Crippen LogP contribution in [0.3, 0.4) is 0 Å². The molecule has 0 saturated heterocycles. The third-order valence-corrected chi connectivity index (χ3v) is 3.74. The molecule has 2 rings (SSSR count). The maximum absolute atomic E-state index is 14.2. The Bertz CT molecular complexity index is 637. The van der Waals surface area contributed by atoms with Gasteiger partial charge in [0.2, 0.25) is 0 Å². The van der Waals surface area contributed by atoms with Gasteiger partial charge in [-0.25, -0.2) is 4.39 Å². The van der Waals surface area contributed by atoms with E-state index in [4.69, 9.17) is 34.8 Å². The molecule has 2 aromatic carbocycles. The first-order valence-electron chi connectivity index (χ1n) is 6.14. The molecule has 0 aromatic heterocycles. The lowest BCUT2D eigenvalue weighted by Crippen LogP contribution is -2.14. The molecule has 0 heterocycles. The van der Waals surface area contributed by atoms with Crippen LogP contribution in [0.15, 0.2) is 30.3 Å². The Hall–Kier alpha value is -0.760. The van der Waals surface area contributed by atoms with E-state index in [0.717, 1.165) is 11.1 Å². The second kappa shape index (κ2) is 5.55. The highest BCUT2D eigenvalue weighted by Gasteiger charge is 2.21. The summed E-state index contributed by atoms with van der Waals surface area (Å²) in [6, 6.07) is 8.60. The van der Waals surface area contributed by atoms with Crippen molar-refractivity contribution in [2.45, 2.75) is 26.2 Å². The van der Waals surface area contributed by atoms with Crippen LogP contribution < -0.4 is 0 Å². The van der Waals surface area contributed by atoms with Crippen LogP contribution >= 0.6 is 34.8 Å². The minimum Gasteiger partial charge on any atom is -0.205 e. The molecule has 0 aliphatic heterocycles. The molecule has 0 saturated carbocycles. The molecular weight excluding hydrogens is 318 g/mol. The fraction of sp³-hybridized carbons (Fsp3) is 0.250. The van der Waals surface area contributed by atoms with Crippen LogP contribution in [0.5, 0.6) is 0 Å². The van der Waals surface area contributed by atoms with Crippen LogP contribution in [0.1, 0.15) is 26.3 Å². The zero-order valence-electron chi connectivity index (χ0n) is 11.4. The van der Waals surface area contributed by atoms with Crippen LogP contribution in [0, 0.1) is 5.82 Å². The molecule has 0 aliphatic carbocycles. The van der Waals surface area contributed by atoms with Crippen molar-refractivity contribution in [1.29, 1.82) is 0 Å². The third kappa shape index (κ3) is 3.28. The summed E-state index contributed by atoms with van der Waals surface area (Å²) in [5.41, 5.74) is 1.84. The molecule has 106 valence electrons. The Morgan fingerprint density at radius 3 is 1.80 bits per heavy atom. The minimum absolute atomic E-state index is 0.100. The van der Waals surface area contributed by atoms with Gasteiger partial charge >= 0.3 is 0 Å². The zero-order valence-corrected chi connectivity index (χ0v) is 13.7. The van der Waals surface area contributed by atoms with Gasteiger partial charge in [-0.3, -0.25) is 0 Å². The van der Waals surface area contributed by atoms with E-state index in [1.54, 1.807) is 30.3 Å². The molecule has 0 amide bonds. The van der Waals surface area contributed by atoms with Crippen molar-refractivity contribution in [1.82, 2.24) is 0 Å². The molecule has 0 bridgehead atoms. The molecule has 20 heavy (non-hydrogen) atoms. The Labute approximate surface area is 133 Å². The van der Waals surface area contributed by atoms with Crippen LogP contribution in [0.4, 0.5) is 4.39 Å². The lowest BCUT2D eigenvalue weighted by Gasteiger charge is -2.21. The van der Waals surface area contributed by atoms with Gasteiger partial charge in [-0.1, -0.05) is 55.6 Å². The number of benzene rings is 2. The number of rotatable bonds is 1. The standard InChI is InChI=1S/C16H14Cl3F/c1-16(2,3)13-6-10(7-14(19)15(13)20)9-4-11(17)8-12(18)5-9/h4-8H,1-3H3. The maximum Gasteiger partial charge on any atom is 0.145 e. The fourth-order valence-electron chi connectivity index (χ4n) is 2.02. The van der Waals surface area contributed by atoms with E-state index in [1.807, 2.05) is 20.8 Å². The minimum atomic E-state index is -0.379. The molecule has 0 spiro atoms. The Morgan fingerprint density at radius 1 is 0.800 bits per heavy atom. The lowest BCUT2D eigenvalue weighted by atomic mass is 9.85. The first-order valence-corrected chi connectivity index (χ1v) is 7.28. The van der Waals surface area contributed by atoms with Crippen molar-refractivity contribution in [2.24, 2.45) is 0 Å². The Morgan fingerprint density at radius 2 is 1.30 bits per heavy atom. The number of hydrogen-bond donors (Lipinski definition) is 0. The van der Waals surface area contributed by atoms with E-state index in [-0.39, 0.29) is 16.3 Å². The molecule has 0 unspecified atom stereocenters. The van der Waals surface area contributed by atoms with E-state index in [9.17, 15) is 4.39 Å². The lowest BCUT2D eigenvalue weighted by molar-refractivity contribution is 0.523. The summed E-state index contributed by atoms with van der Waals surface area (Å²) >= 11 is 18.0. The van der Waals surface area contributed by atoms with Crippen molar-refractivity contribution in [2.75, 3.05) is 0 Å². The largest absolute Gasteiger partial charge is 0.205 e. The quantitative estimate of drug-likeness (QED) is 0.542. The van der Waals surface area contributed by atoms with Gasteiger partial charge in [-0.05, 0) is 52.4 Å². The summed E-state index contributed by atoms with van der Waals surface area (Å²) in [5, 5.41) is 1.17. The van der Waals surface area contributed by atoms with Gasteiger partial charge in [0.25, 0.3) is 0 Å². The van der Waals surface area contributed by atoms with E-state index >= 15 is 0 Å². The van der Waals surface area contributed by atoms with Gasteiger partial charge in [0.1, 0.15) is 5.82 Å². The van der Waals surface area contributed by atoms with Crippen molar-refractivity contribution < 1.29 is 4.39 Å². The SMILES string of the molecule is CC(C)(C)c1cc(-c2cc(Cl)cc(Cl)c2)cc(Cl)c1F. The molecule has 2 aromatic rings. The smallest absolute Gasteiger partial charge is 0.145 e. The average Bonchev–Trinajstić information content (AvgIpc) is 2.29. The summed E-state index contributed by atoms with van der Waals surface area (Å²) in [7, 11) is 0. The van der Waals surface area contributed by atoms with Crippen LogP contribution in [-0.2, 0) is 5.41 Å². The van der Waals surface area contributed by atoms with E-state index in [2.05, 4.69) is 0 Å². The highest BCUT2D eigenvalue weighted by molar-refractivity contribution is 6.35. The van der Waals surface area contributed by atoms with Gasteiger partial charge < -0.3 is 0 Å². The summed E-state index contributed by atoms with van der Waals surface area (Å²) in [6.45, 7) is 5.82. The van der Waals surface area contributed by atoms with Gasteiger partial charge in [-0.15, -0.1) is 0 Å². The molecule has 4 heteroatoms. The number of hydrogen-bond acceptors (Lipinski definition) is 0. The maximum atomic E-state index is 14.2. The second-order valence-electron chi connectivity index (χ2n) is 5.73. The van der Waals surface area contributed by atoms with Crippen LogP contribution in [-0.4, -0.2) is 0 Å². The second-order valence-corrected chi connectivity index (χ2v) is 7.01. The number of halogens is 4. The highest BCUT2D eigenvalue weighted by Crippen LogP contribution is 2.35. The summed E-state index contributed by atoms with van der Waals surface area (Å²) < 4.78 is 14.2. The average molecular weight is 332 g/mol. The molecule has 0 nitrogen and oxygen atoms in total. The summed E-state index contributed by atoms with van der Waals surface area (Å²) in [4.78, 5) is 0. The van der Waals surface area contributed by atoms with Crippen LogP contribution in [0.25, 0.3) is 11.1 Å². The van der Waals surface area contributed by atoms with Gasteiger partial charge in [-0.2, -0.15) is 0 Å². The predicted molar refractivity (Wildman–Crippen MR) is 85.6 cm³/mol. The van der Waals surface area contributed by atoms with E-state index < -0.39 is 0 Å². The third-order valence-electron chi connectivity index (χ3n) is 3.03. The van der Waals surface area contributed by atoms with Crippen molar-refractivity contribution in [3.05, 3.63) is 56.8 Å². The Balaban J connectivity index is 2.67. The van der Waals surface area contributed by atoms with Crippen molar-refractivity contribution >= 4 is 34.8 Å². The molecule has 0 N–H and O–H groups in total. The van der Waals surface area contributed by atoms with Crippen molar-refractivity contribution in [3.8, 4) is 11.1 Å². The molecule has 0 atom stereocenters. The monoisotopic (exact) mass is 330 g/mol. The predicted octanol–water partition coefficient (Wildman–Crippen LogP) is 6.75. The first-order chi connectivity index (χ1) is 9.18. The van der Waals surface area contributed by atoms with Gasteiger partial charge in [0, 0.05) is 10.0 Å². The summed E-state index contributed by atoms with van der Waals surface area (Å²) in [5.74, 6) is -0.379. The van der Waals surface area contributed by atoms with Gasteiger partial charge in [0.05, 0.1) is 5.02 Å². The molecule has 0 radical (unpaired) electrons. The summed E-state index contributed by atoms with van der Waals surface area (Å²) in [6.07, 6.45) is 0. The fourth-order valence-corrected chi connectivity index (χ4v) is 2.77. The van der Waals surface area contributed by atoms with Crippen molar-refractivity contribution in [3.63, 3.8) is 0 Å². The molecular formula is C16H14Cl3F. The zero-order chi connectivity index (χ0) is 15.1. The highest BCUT2D eigenvalue weighted by atomic mass is 35.5. The van der Waals surface area contributed by atoms with Crippen LogP contribution in [0.2, 0.25) is 15.1 Å². The van der Waals surface area contributed by atoms with E-state index in [1.165, 1.54) is 0 Å².